The molecule has 1 heterocycles. The van der Waals surface area contributed by atoms with Crippen LogP contribution in [0.15, 0.2) is 77.7 Å². The molecule has 3 aromatic carbocycles. The molecule has 0 spiro atoms. The topological polar surface area (TPSA) is 56.1 Å². The van der Waals surface area contributed by atoms with E-state index in [-0.39, 0.29) is 10.8 Å². The van der Waals surface area contributed by atoms with Gasteiger partial charge in [0.1, 0.15) is 0 Å². The maximum absolute atomic E-state index is 13.5. The average Bonchev–Trinajstić information content (AvgIpc) is 3.00. The molecule has 0 aliphatic heterocycles. The molecular formula is C23H18ClNO3S. The summed E-state index contributed by atoms with van der Waals surface area (Å²) in [5, 5.41) is 1.28. The summed E-state index contributed by atoms with van der Waals surface area (Å²) in [6.45, 7) is 1.91. The Morgan fingerprint density at radius 1 is 0.931 bits per heavy atom. The number of halogens is 1. The van der Waals surface area contributed by atoms with Crippen LogP contribution in [0.3, 0.4) is 0 Å². The third-order valence-electron chi connectivity index (χ3n) is 4.96. The van der Waals surface area contributed by atoms with Gasteiger partial charge in [-0.1, -0.05) is 41.9 Å². The molecule has 0 aliphatic rings. The van der Waals surface area contributed by atoms with E-state index in [0.29, 0.717) is 16.1 Å². The van der Waals surface area contributed by atoms with E-state index in [9.17, 15) is 13.2 Å². The SMILES string of the molecule is Cc1c(-c2ccccc2)n(C(=O)c2ccc(Cl)cc2)c2ccc(S(C)(=O)=O)cc12. The van der Waals surface area contributed by atoms with Gasteiger partial charge in [0.25, 0.3) is 5.91 Å². The first kappa shape index (κ1) is 19.4. The lowest BCUT2D eigenvalue weighted by Crippen LogP contribution is -2.13. The number of hydrogen-bond acceptors (Lipinski definition) is 3. The first-order chi connectivity index (χ1) is 13.8. The zero-order chi connectivity index (χ0) is 20.8. The van der Waals surface area contributed by atoms with Gasteiger partial charge in [0.05, 0.1) is 16.1 Å². The fourth-order valence-corrected chi connectivity index (χ4v) is 4.30. The molecule has 4 nitrogen and oxygen atoms in total. The van der Waals surface area contributed by atoms with Crippen molar-refractivity contribution in [3.8, 4) is 11.3 Å². The Bertz CT molecular complexity index is 1340. The van der Waals surface area contributed by atoms with E-state index in [1.165, 1.54) is 12.3 Å². The van der Waals surface area contributed by atoms with Crippen molar-refractivity contribution in [2.24, 2.45) is 0 Å². The Hall–Kier alpha value is -2.89. The maximum atomic E-state index is 13.5. The average molecular weight is 424 g/mol. The van der Waals surface area contributed by atoms with Gasteiger partial charge in [0.2, 0.25) is 0 Å². The molecule has 1 aromatic heterocycles. The lowest BCUT2D eigenvalue weighted by atomic mass is 10.1. The molecule has 0 saturated heterocycles. The number of rotatable bonds is 3. The van der Waals surface area contributed by atoms with Crippen molar-refractivity contribution in [2.75, 3.05) is 6.26 Å². The van der Waals surface area contributed by atoms with Crippen molar-refractivity contribution in [3.05, 3.63) is 88.9 Å². The van der Waals surface area contributed by atoms with E-state index in [1.54, 1.807) is 41.0 Å². The summed E-state index contributed by atoms with van der Waals surface area (Å²) in [5.74, 6) is -0.203. The summed E-state index contributed by atoms with van der Waals surface area (Å²) < 4.78 is 25.7. The number of hydrogen-bond donors (Lipinski definition) is 0. The third kappa shape index (κ3) is 3.48. The lowest BCUT2D eigenvalue weighted by molar-refractivity contribution is 0.0966. The highest BCUT2D eigenvalue weighted by Crippen LogP contribution is 2.35. The quantitative estimate of drug-likeness (QED) is 0.445. The highest BCUT2D eigenvalue weighted by Gasteiger charge is 2.22. The van der Waals surface area contributed by atoms with E-state index in [0.717, 1.165) is 22.2 Å². The Morgan fingerprint density at radius 3 is 2.21 bits per heavy atom. The summed E-state index contributed by atoms with van der Waals surface area (Å²) in [5.41, 5.74) is 3.62. The summed E-state index contributed by atoms with van der Waals surface area (Å²) >= 11 is 5.97. The summed E-state index contributed by atoms with van der Waals surface area (Å²) in [6, 6.07) is 21.2. The fraction of sp³-hybridized carbons (Fsp3) is 0.0870. The second-order valence-corrected chi connectivity index (χ2v) is 9.39. The number of aromatic nitrogens is 1. The van der Waals surface area contributed by atoms with Crippen molar-refractivity contribution >= 4 is 38.2 Å². The van der Waals surface area contributed by atoms with Crippen molar-refractivity contribution in [1.29, 1.82) is 0 Å². The Balaban J connectivity index is 2.05. The highest BCUT2D eigenvalue weighted by atomic mass is 35.5. The monoisotopic (exact) mass is 423 g/mol. The van der Waals surface area contributed by atoms with E-state index in [4.69, 9.17) is 11.6 Å². The van der Waals surface area contributed by atoms with Gasteiger partial charge in [-0.05, 0) is 60.5 Å². The first-order valence-corrected chi connectivity index (χ1v) is 11.2. The maximum Gasteiger partial charge on any atom is 0.262 e. The number of aryl methyl sites for hydroxylation is 1. The molecular weight excluding hydrogens is 406 g/mol. The van der Waals surface area contributed by atoms with Crippen molar-refractivity contribution in [3.63, 3.8) is 0 Å². The standard InChI is InChI=1S/C23H18ClNO3S/c1-15-20-14-19(29(2,27)28)12-13-21(20)25(22(15)16-6-4-3-5-7-16)23(26)17-8-10-18(24)11-9-17/h3-14H,1-2H3. The molecule has 146 valence electrons. The Labute approximate surface area is 174 Å². The van der Waals surface area contributed by atoms with E-state index in [1.807, 2.05) is 37.3 Å². The van der Waals surface area contributed by atoms with Crippen molar-refractivity contribution in [2.45, 2.75) is 11.8 Å². The van der Waals surface area contributed by atoms with E-state index in [2.05, 4.69) is 0 Å². The molecule has 0 fully saturated rings. The molecule has 4 rings (SSSR count). The normalized spacial score (nSPS) is 11.7. The molecule has 0 bridgehead atoms. The fourth-order valence-electron chi connectivity index (χ4n) is 3.53. The van der Waals surface area contributed by atoms with Crippen LogP contribution in [0.5, 0.6) is 0 Å². The third-order valence-corrected chi connectivity index (χ3v) is 6.32. The zero-order valence-electron chi connectivity index (χ0n) is 15.9. The predicted molar refractivity (Wildman–Crippen MR) is 116 cm³/mol. The summed E-state index contributed by atoms with van der Waals surface area (Å²) in [4.78, 5) is 13.7. The molecule has 0 N–H and O–H groups in total. The van der Waals surface area contributed by atoms with Gasteiger partial charge in [0.15, 0.2) is 9.84 Å². The zero-order valence-corrected chi connectivity index (χ0v) is 17.5. The largest absolute Gasteiger partial charge is 0.275 e. The van der Waals surface area contributed by atoms with Gasteiger partial charge in [-0.25, -0.2) is 8.42 Å². The van der Waals surface area contributed by atoms with Gasteiger partial charge in [-0.3, -0.25) is 9.36 Å². The highest BCUT2D eigenvalue weighted by molar-refractivity contribution is 7.90. The number of nitrogens with zero attached hydrogens (tertiary/aromatic N) is 1. The van der Waals surface area contributed by atoms with Crippen LogP contribution in [0.1, 0.15) is 15.9 Å². The number of benzene rings is 3. The number of carbonyl (C=O) groups is 1. The van der Waals surface area contributed by atoms with Crippen LogP contribution in [0.25, 0.3) is 22.2 Å². The molecule has 0 unspecified atom stereocenters. The van der Waals surface area contributed by atoms with Gasteiger partial charge in [-0.15, -0.1) is 0 Å². The molecule has 29 heavy (non-hydrogen) atoms. The van der Waals surface area contributed by atoms with Gasteiger partial charge in [-0.2, -0.15) is 0 Å². The number of fused-ring (bicyclic) bond motifs is 1. The van der Waals surface area contributed by atoms with Crippen molar-refractivity contribution in [1.82, 2.24) is 4.57 Å². The molecule has 0 aliphatic carbocycles. The van der Waals surface area contributed by atoms with Crippen LogP contribution in [-0.2, 0) is 9.84 Å². The van der Waals surface area contributed by atoms with Crippen LogP contribution >= 0.6 is 11.6 Å². The molecule has 0 atom stereocenters. The van der Waals surface area contributed by atoms with Gasteiger partial charge in [0, 0.05) is 22.2 Å². The van der Waals surface area contributed by atoms with Crippen LogP contribution in [0.4, 0.5) is 0 Å². The van der Waals surface area contributed by atoms with Crippen LogP contribution < -0.4 is 0 Å². The Kier molecular flexibility index (Phi) is 4.81. The minimum Gasteiger partial charge on any atom is -0.275 e. The minimum absolute atomic E-state index is 0.203. The lowest BCUT2D eigenvalue weighted by Gasteiger charge is -2.11. The predicted octanol–water partition coefficient (Wildman–Crippen LogP) is 5.36. The number of carbonyl (C=O) groups excluding carboxylic acids is 1. The second-order valence-electron chi connectivity index (χ2n) is 6.94. The van der Waals surface area contributed by atoms with Crippen molar-refractivity contribution < 1.29 is 13.2 Å². The summed E-state index contributed by atoms with van der Waals surface area (Å²) in [7, 11) is -3.37. The smallest absolute Gasteiger partial charge is 0.262 e. The molecule has 0 radical (unpaired) electrons. The van der Waals surface area contributed by atoms with Gasteiger partial charge < -0.3 is 0 Å². The van der Waals surface area contributed by atoms with Crippen LogP contribution in [0.2, 0.25) is 5.02 Å². The van der Waals surface area contributed by atoms with Crippen LogP contribution in [0, 0.1) is 6.92 Å². The molecule has 4 aromatic rings. The van der Waals surface area contributed by atoms with Gasteiger partial charge >= 0.3 is 0 Å². The molecule has 0 saturated carbocycles. The Morgan fingerprint density at radius 2 is 1.59 bits per heavy atom. The number of sulfone groups is 1. The van der Waals surface area contributed by atoms with E-state index < -0.39 is 9.84 Å². The molecule has 0 amide bonds. The summed E-state index contributed by atoms with van der Waals surface area (Å²) in [6.07, 6.45) is 1.18. The van der Waals surface area contributed by atoms with Crippen LogP contribution in [-0.4, -0.2) is 25.1 Å². The van der Waals surface area contributed by atoms with E-state index >= 15 is 0 Å². The minimum atomic E-state index is -3.37. The molecule has 6 heteroatoms. The second kappa shape index (κ2) is 7.17. The first-order valence-electron chi connectivity index (χ1n) is 8.98.